The average molecular weight is 538 g/mol. The van der Waals surface area contributed by atoms with Crippen molar-refractivity contribution < 1.29 is 28.7 Å². The van der Waals surface area contributed by atoms with Crippen molar-refractivity contribution in [3.8, 4) is 0 Å². The standard InChI is InChI=1S/C30H39N3O6/c1-6-38-28(36)25(20-23-15-11-8-12-16-23)33-18-17-32(24(27(33)35)19-22-13-9-7-10-14-22)26(34)21(2)31-29(37)39-30(3,4)5/h7-16,21,24-25H,6,17-20H2,1-5H3,(H,31,37)/t21-,24-,25-/m1/s1. The number of esters is 1. The van der Waals surface area contributed by atoms with Gasteiger partial charge in [-0.3, -0.25) is 9.59 Å². The molecule has 1 aliphatic heterocycles. The van der Waals surface area contributed by atoms with Gasteiger partial charge in [0.25, 0.3) is 0 Å². The van der Waals surface area contributed by atoms with Gasteiger partial charge < -0.3 is 24.6 Å². The van der Waals surface area contributed by atoms with Crippen molar-refractivity contribution in [3.05, 3.63) is 71.8 Å². The SMILES string of the molecule is CCOC(=O)[C@@H](Cc1ccccc1)N1CCN(C(=O)[C@@H](C)NC(=O)OC(C)(C)C)[C@H](Cc2ccccc2)C1=O. The maximum Gasteiger partial charge on any atom is 0.408 e. The lowest BCUT2D eigenvalue weighted by Gasteiger charge is -2.44. The van der Waals surface area contributed by atoms with E-state index < -0.39 is 41.7 Å². The van der Waals surface area contributed by atoms with E-state index in [2.05, 4.69) is 5.32 Å². The second-order valence-electron chi connectivity index (χ2n) is 10.6. The quantitative estimate of drug-likeness (QED) is 0.492. The second-order valence-corrected chi connectivity index (χ2v) is 10.6. The van der Waals surface area contributed by atoms with Crippen LogP contribution >= 0.6 is 0 Å². The number of nitrogens with zero attached hydrogens (tertiary/aromatic N) is 2. The Labute approximate surface area is 230 Å². The number of piperazine rings is 1. The maximum atomic E-state index is 14.0. The van der Waals surface area contributed by atoms with Crippen LogP contribution < -0.4 is 5.32 Å². The van der Waals surface area contributed by atoms with E-state index in [4.69, 9.17) is 9.47 Å². The number of nitrogens with one attached hydrogen (secondary N) is 1. The Kier molecular flexibility index (Phi) is 10.1. The number of amides is 3. The molecule has 9 nitrogen and oxygen atoms in total. The monoisotopic (exact) mass is 537 g/mol. The number of hydrogen-bond donors (Lipinski definition) is 1. The van der Waals surface area contributed by atoms with Gasteiger partial charge >= 0.3 is 12.1 Å². The van der Waals surface area contributed by atoms with Gasteiger partial charge in [0, 0.05) is 25.9 Å². The topological polar surface area (TPSA) is 105 Å². The average Bonchev–Trinajstić information content (AvgIpc) is 2.88. The molecular formula is C30H39N3O6. The van der Waals surface area contributed by atoms with Crippen LogP contribution in [0.4, 0.5) is 4.79 Å². The Morgan fingerprint density at radius 3 is 2.13 bits per heavy atom. The van der Waals surface area contributed by atoms with Crippen LogP contribution in [-0.2, 0) is 36.7 Å². The van der Waals surface area contributed by atoms with Gasteiger partial charge in [0.1, 0.15) is 23.7 Å². The first-order valence-electron chi connectivity index (χ1n) is 13.3. The summed E-state index contributed by atoms with van der Waals surface area (Å²) >= 11 is 0. The van der Waals surface area contributed by atoms with E-state index in [0.29, 0.717) is 6.42 Å². The van der Waals surface area contributed by atoms with Crippen LogP contribution in [0.3, 0.4) is 0 Å². The summed E-state index contributed by atoms with van der Waals surface area (Å²) in [4.78, 5) is 56.0. The molecule has 0 unspecified atom stereocenters. The summed E-state index contributed by atoms with van der Waals surface area (Å²) in [5, 5.41) is 2.58. The Hall–Kier alpha value is -3.88. The van der Waals surface area contributed by atoms with E-state index in [1.165, 1.54) is 9.80 Å². The number of hydrogen-bond acceptors (Lipinski definition) is 6. The van der Waals surface area contributed by atoms with Crippen molar-refractivity contribution >= 4 is 23.9 Å². The molecule has 39 heavy (non-hydrogen) atoms. The molecule has 1 aliphatic rings. The second kappa shape index (κ2) is 13.3. The Morgan fingerprint density at radius 2 is 1.56 bits per heavy atom. The summed E-state index contributed by atoms with van der Waals surface area (Å²) in [7, 11) is 0. The molecule has 0 spiro atoms. The Bertz CT molecular complexity index is 1130. The van der Waals surface area contributed by atoms with Crippen LogP contribution in [0.5, 0.6) is 0 Å². The number of alkyl carbamates (subject to hydrolysis) is 1. The Morgan fingerprint density at radius 1 is 0.974 bits per heavy atom. The van der Waals surface area contributed by atoms with Crippen molar-refractivity contribution in [2.24, 2.45) is 0 Å². The molecule has 0 aromatic heterocycles. The van der Waals surface area contributed by atoms with Crippen molar-refractivity contribution in [2.45, 2.75) is 71.2 Å². The van der Waals surface area contributed by atoms with Crippen molar-refractivity contribution in [3.63, 3.8) is 0 Å². The molecule has 0 bridgehead atoms. The molecule has 0 radical (unpaired) electrons. The van der Waals surface area contributed by atoms with Crippen LogP contribution in [-0.4, -0.2) is 77.1 Å². The molecule has 3 atom stereocenters. The van der Waals surface area contributed by atoms with Gasteiger partial charge in [-0.15, -0.1) is 0 Å². The lowest BCUT2D eigenvalue weighted by atomic mass is 9.97. The van der Waals surface area contributed by atoms with Crippen LogP contribution in [0, 0.1) is 0 Å². The normalized spacial score (nSPS) is 17.3. The molecule has 1 N–H and O–H groups in total. The first-order chi connectivity index (χ1) is 18.5. The summed E-state index contributed by atoms with van der Waals surface area (Å²) in [6.07, 6.45) is -0.145. The van der Waals surface area contributed by atoms with Gasteiger partial charge in [0.2, 0.25) is 11.8 Å². The molecule has 3 amide bonds. The number of carbonyl (C=O) groups excluding carboxylic acids is 4. The first kappa shape index (κ1) is 29.7. The van der Waals surface area contributed by atoms with Crippen molar-refractivity contribution in [1.29, 1.82) is 0 Å². The molecule has 2 aromatic rings. The van der Waals surface area contributed by atoms with Crippen molar-refractivity contribution in [1.82, 2.24) is 15.1 Å². The fourth-order valence-corrected chi connectivity index (χ4v) is 4.61. The maximum absolute atomic E-state index is 14.0. The van der Waals surface area contributed by atoms with E-state index in [9.17, 15) is 19.2 Å². The first-order valence-corrected chi connectivity index (χ1v) is 13.3. The van der Waals surface area contributed by atoms with Gasteiger partial charge in [-0.2, -0.15) is 0 Å². The lowest BCUT2D eigenvalue weighted by Crippen LogP contribution is -2.65. The molecule has 3 rings (SSSR count). The summed E-state index contributed by atoms with van der Waals surface area (Å²) < 4.78 is 10.6. The highest BCUT2D eigenvalue weighted by atomic mass is 16.6. The molecule has 0 saturated carbocycles. The van der Waals surface area contributed by atoms with E-state index in [1.54, 1.807) is 34.6 Å². The number of carbonyl (C=O) groups is 4. The van der Waals surface area contributed by atoms with Gasteiger partial charge in [0.05, 0.1) is 6.61 Å². The molecule has 1 saturated heterocycles. The Balaban J connectivity index is 1.87. The molecule has 0 aliphatic carbocycles. The van der Waals surface area contributed by atoms with E-state index in [-0.39, 0.29) is 32.0 Å². The van der Waals surface area contributed by atoms with Crippen molar-refractivity contribution in [2.75, 3.05) is 19.7 Å². The molecule has 1 fully saturated rings. The van der Waals surface area contributed by atoms with Crippen LogP contribution in [0.25, 0.3) is 0 Å². The van der Waals surface area contributed by atoms with Gasteiger partial charge in [-0.25, -0.2) is 9.59 Å². The van der Waals surface area contributed by atoms with Crippen LogP contribution in [0.2, 0.25) is 0 Å². The molecule has 1 heterocycles. The summed E-state index contributed by atoms with van der Waals surface area (Å²) in [6, 6.07) is 16.3. The smallest absolute Gasteiger partial charge is 0.408 e. The van der Waals surface area contributed by atoms with Gasteiger partial charge in [-0.1, -0.05) is 60.7 Å². The summed E-state index contributed by atoms with van der Waals surface area (Å²) in [6.45, 7) is 9.07. The molecule has 2 aromatic carbocycles. The fourth-order valence-electron chi connectivity index (χ4n) is 4.61. The number of benzene rings is 2. The third-order valence-electron chi connectivity index (χ3n) is 6.39. The minimum absolute atomic E-state index is 0.158. The van der Waals surface area contributed by atoms with E-state index >= 15 is 0 Å². The largest absolute Gasteiger partial charge is 0.464 e. The van der Waals surface area contributed by atoms with Gasteiger partial charge in [-0.05, 0) is 45.7 Å². The molecule has 210 valence electrons. The molecule has 9 heteroatoms. The van der Waals surface area contributed by atoms with Gasteiger partial charge in [0.15, 0.2) is 0 Å². The summed E-state index contributed by atoms with van der Waals surface area (Å²) in [5.41, 5.74) is 1.06. The minimum Gasteiger partial charge on any atom is -0.464 e. The zero-order valence-corrected chi connectivity index (χ0v) is 23.4. The highest BCUT2D eigenvalue weighted by Gasteiger charge is 2.43. The molecular weight excluding hydrogens is 498 g/mol. The lowest BCUT2D eigenvalue weighted by molar-refractivity contribution is -0.162. The summed E-state index contributed by atoms with van der Waals surface area (Å²) in [5.74, 6) is -1.21. The fraction of sp³-hybridized carbons (Fsp3) is 0.467. The zero-order chi connectivity index (χ0) is 28.6. The third-order valence-corrected chi connectivity index (χ3v) is 6.39. The zero-order valence-electron chi connectivity index (χ0n) is 23.4. The number of rotatable bonds is 9. The van der Waals surface area contributed by atoms with E-state index in [1.807, 2.05) is 60.7 Å². The van der Waals surface area contributed by atoms with E-state index in [0.717, 1.165) is 11.1 Å². The number of ether oxygens (including phenoxy) is 2. The third kappa shape index (κ3) is 8.30. The predicted octanol–water partition coefficient (Wildman–Crippen LogP) is 3.36. The highest BCUT2D eigenvalue weighted by molar-refractivity contribution is 5.94. The highest BCUT2D eigenvalue weighted by Crippen LogP contribution is 2.22. The van der Waals surface area contributed by atoms with Crippen LogP contribution in [0.15, 0.2) is 60.7 Å². The van der Waals surface area contributed by atoms with Crippen LogP contribution in [0.1, 0.15) is 45.7 Å². The minimum atomic E-state index is -0.914. The predicted molar refractivity (Wildman–Crippen MR) is 147 cm³/mol.